The van der Waals surface area contributed by atoms with Gasteiger partial charge in [-0.25, -0.2) is 13.8 Å². The van der Waals surface area contributed by atoms with Crippen LogP contribution in [0.5, 0.6) is 0 Å². The van der Waals surface area contributed by atoms with Gasteiger partial charge in [0.25, 0.3) is 12.1 Å². The van der Waals surface area contributed by atoms with E-state index in [1.165, 1.54) is 18.2 Å². The van der Waals surface area contributed by atoms with Crippen LogP contribution >= 0.6 is 0 Å². The number of ether oxygens (including phenoxy) is 2. The van der Waals surface area contributed by atoms with Crippen LogP contribution in [0.25, 0.3) is 17.0 Å². The lowest BCUT2D eigenvalue weighted by molar-refractivity contribution is -0.384. The molecular weight excluding hydrogens is 440 g/mol. The number of hydrogen-bond acceptors (Lipinski definition) is 9. The number of benzene rings is 1. The van der Waals surface area contributed by atoms with E-state index in [0.29, 0.717) is 64.2 Å². The molecule has 13 heteroatoms. The third kappa shape index (κ3) is 4.16. The van der Waals surface area contributed by atoms with Crippen molar-refractivity contribution in [1.82, 2.24) is 19.5 Å². The Hall–Kier alpha value is -3.45. The quantitative estimate of drug-likeness (QED) is 0.417. The third-order valence-electron chi connectivity index (χ3n) is 5.63. The zero-order valence-corrected chi connectivity index (χ0v) is 17.6. The summed E-state index contributed by atoms with van der Waals surface area (Å²) >= 11 is 0. The monoisotopic (exact) mass is 461 g/mol. The van der Waals surface area contributed by atoms with Crippen LogP contribution in [0.4, 0.5) is 26.1 Å². The van der Waals surface area contributed by atoms with Crippen molar-refractivity contribution < 1.29 is 23.2 Å². The van der Waals surface area contributed by atoms with Crippen LogP contribution in [-0.2, 0) is 9.47 Å². The van der Waals surface area contributed by atoms with Crippen LogP contribution in [0.1, 0.15) is 12.2 Å². The number of imidazole rings is 1. The standard InChI is InChI=1S/C20H21F2N7O4/c21-18(22)19-23-14-2-1-13(29(30)31)11-15(14)28(19)20-24-16(26-3-7-32-8-4-26)12-17(25-20)27-5-9-33-10-6-27/h1-2,11-12,18H,3-10H2. The highest BCUT2D eigenvalue weighted by molar-refractivity contribution is 5.80. The van der Waals surface area contributed by atoms with Crippen molar-refractivity contribution in [3.63, 3.8) is 0 Å². The Balaban J connectivity index is 1.70. The molecule has 174 valence electrons. The highest BCUT2D eigenvalue weighted by atomic mass is 19.3. The number of hydrogen-bond donors (Lipinski definition) is 0. The predicted octanol–water partition coefficient (Wildman–Crippen LogP) is 2.33. The van der Waals surface area contributed by atoms with Crippen molar-refractivity contribution in [2.75, 3.05) is 62.4 Å². The maximum absolute atomic E-state index is 14.0. The minimum Gasteiger partial charge on any atom is -0.378 e. The van der Waals surface area contributed by atoms with Crippen LogP contribution < -0.4 is 9.80 Å². The molecule has 2 fully saturated rings. The van der Waals surface area contributed by atoms with Crippen LogP contribution in [0.2, 0.25) is 0 Å². The molecule has 0 radical (unpaired) electrons. The van der Waals surface area contributed by atoms with Crippen LogP contribution in [0.3, 0.4) is 0 Å². The summed E-state index contributed by atoms with van der Waals surface area (Å²) in [5.74, 6) is 0.547. The highest BCUT2D eigenvalue weighted by Gasteiger charge is 2.26. The van der Waals surface area contributed by atoms with Gasteiger partial charge in [-0.3, -0.25) is 14.7 Å². The number of alkyl halides is 2. The molecule has 33 heavy (non-hydrogen) atoms. The van der Waals surface area contributed by atoms with Gasteiger partial charge in [0.1, 0.15) is 11.6 Å². The first kappa shape index (κ1) is 21.4. The molecule has 4 heterocycles. The maximum atomic E-state index is 14.0. The van der Waals surface area contributed by atoms with Gasteiger partial charge in [0.05, 0.1) is 42.4 Å². The lowest BCUT2D eigenvalue weighted by atomic mass is 10.3. The number of nitro groups is 1. The Labute approximate surface area is 186 Å². The van der Waals surface area contributed by atoms with E-state index in [4.69, 9.17) is 9.47 Å². The van der Waals surface area contributed by atoms with Gasteiger partial charge in [-0.1, -0.05) is 0 Å². The molecule has 2 saturated heterocycles. The minimum absolute atomic E-state index is 0.0150. The topological polar surface area (TPSA) is 112 Å². The second-order valence-corrected chi connectivity index (χ2v) is 7.62. The molecule has 2 aliphatic heterocycles. The molecule has 0 amide bonds. The molecule has 2 aromatic heterocycles. The average molecular weight is 461 g/mol. The van der Waals surface area contributed by atoms with E-state index < -0.39 is 17.2 Å². The molecule has 1 aromatic carbocycles. The summed E-state index contributed by atoms with van der Waals surface area (Å²) in [6.45, 7) is 4.47. The number of nitro benzene ring substituents is 1. The highest BCUT2D eigenvalue weighted by Crippen LogP contribution is 2.31. The first-order chi connectivity index (χ1) is 16.0. The lowest BCUT2D eigenvalue weighted by Crippen LogP contribution is -2.39. The molecule has 0 bridgehead atoms. The van der Waals surface area contributed by atoms with Crippen LogP contribution in [0.15, 0.2) is 24.3 Å². The summed E-state index contributed by atoms with van der Waals surface area (Å²) in [5.41, 5.74) is 0.109. The molecule has 0 saturated carbocycles. The van der Waals surface area contributed by atoms with E-state index >= 15 is 0 Å². The third-order valence-corrected chi connectivity index (χ3v) is 5.63. The Morgan fingerprint density at radius 2 is 1.48 bits per heavy atom. The first-order valence-corrected chi connectivity index (χ1v) is 10.5. The summed E-state index contributed by atoms with van der Waals surface area (Å²) in [4.78, 5) is 27.9. The van der Waals surface area contributed by atoms with Gasteiger partial charge in [-0.15, -0.1) is 0 Å². The van der Waals surface area contributed by atoms with Gasteiger partial charge in [-0.05, 0) is 6.07 Å². The molecule has 11 nitrogen and oxygen atoms in total. The number of anilines is 2. The van der Waals surface area contributed by atoms with Crippen LogP contribution in [0, 0.1) is 10.1 Å². The van der Waals surface area contributed by atoms with Crippen molar-refractivity contribution in [3.05, 3.63) is 40.2 Å². The number of aromatic nitrogens is 4. The van der Waals surface area contributed by atoms with Gasteiger partial charge < -0.3 is 19.3 Å². The molecule has 0 spiro atoms. The Morgan fingerprint density at radius 1 is 0.909 bits per heavy atom. The maximum Gasteiger partial charge on any atom is 0.296 e. The second kappa shape index (κ2) is 8.83. The molecule has 3 aromatic rings. The predicted molar refractivity (Wildman–Crippen MR) is 114 cm³/mol. The normalized spacial score (nSPS) is 17.2. The largest absolute Gasteiger partial charge is 0.378 e. The summed E-state index contributed by atoms with van der Waals surface area (Å²) in [5, 5.41) is 11.3. The average Bonchev–Trinajstić information content (AvgIpc) is 3.24. The van der Waals surface area contributed by atoms with Gasteiger partial charge in [0.15, 0.2) is 5.82 Å². The lowest BCUT2D eigenvalue weighted by Gasteiger charge is -2.31. The van der Waals surface area contributed by atoms with Crippen molar-refractivity contribution in [2.45, 2.75) is 6.43 Å². The second-order valence-electron chi connectivity index (χ2n) is 7.62. The van der Waals surface area contributed by atoms with Gasteiger partial charge in [0, 0.05) is 44.4 Å². The summed E-state index contributed by atoms with van der Waals surface area (Å²) < 4.78 is 39.9. The van der Waals surface area contributed by atoms with Crippen molar-refractivity contribution in [3.8, 4) is 5.95 Å². The van der Waals surface area contributed by atoms with E-state index in [1.54, 1.807) is 0 Å². The smallest absolute Gasteiger partial charge is 0.296 e. The molecule has 0 unspecified atom stereocenters. The number of rotatable bonds is 5. The Morgan fingerprint density at radius 3 is 2.00 bits per heavy atom. The molecule has 0 N–H and O–H groups in total. The molecule has 5 rings (SSSR count). The number of fused-ring (bicyclic) bond motifs is 1. The summed E-state index contributed by atoms with van der Waals surface area (Å²) in [6, 6.07) is 5.63. The Kier molecular flexibility index (Phi) is 5.72. The van der Waals surface area contributed by atoms with Crippen molar-refractivity contribution in [2.24, 2.45) is 0 Å². The molecule has 2 aliphatic rings. The molecule has 0 aliphatic carbocycles. The zero-order chi connectivity index (χ0) is 22.9. The van der Waals surface area contributed by atoms with E-state index in [1.807, 2.05) is 15.9 Å². The van der Waals surface area contributed by atoms with Crippen molar-refractivity contribution in [1.29, 1.82) is 0 Å². The van der Waals surface area contributed by atoms with Gasteiger partial charge in [-0.2, -0.15) is 9.97 Å². The fraction of sp³-hybridized carbons (Fsp3) is 0.450. The fourth-order valence-electron chi connectivity index (χ4n) is 3.97. The number of non-ortho nitro benzene ring substituents is 1. The van der Waals surface area contributed by atoms with Crippen LogP contribution in [-0.4, -0.2) is 77.0 Å². The minimum atomic E-state index is -2.93. The number of halogens is 2. The van der Waals surface area contributed by atoms with E-state index in [0.717, 1.165) is 4.57 Å². The Bertz CT molecular complexity index is 1140. The fourth-order valence-corrected chi connectivity index (χ4v) is 3.97. The SMILES string of the molecule is O=[N+]([O-])c1ccc2nc(C(F)F)n(-c3nc(N4CCOCC4)cc(N4CCOCC4)n3)c2c1. The molecule has 0 atom stereocenters. The van der Waals surface area contributed by atoms with E-state index in [9.17, 15) is 18.9 Å². The number of nitrogens with zero attached hydrogens (tertiary/aromatic N) is 7. The van der Waals surface area contributed by atoms with E-state index in [2.05, 4.69) is 15.0 Å². The zero-order valence-electron chi connectivity index (χ0n) is 17.6. The van der Waals surface area contributed by atoms with E-state index in [-0.39, 0.29) is 22.7 Å². The van der Waals surface area contributed by atoms with Gasteiger partial charge in [0.2, 0.25) is 5.95 Å². The number of morpholine rings is 2. The summed E-state index contributed by atoms with van der Waals surface area (Å²) in [6.07, 6.45) is -2.93. The van der Waals surface area contributed by atoms with Crippen molar-refractivity contribution >= 4 is 28.4 Å². The van der Waals surface area contributed by atoms with Gasteiger partial charge >= 0.3 is 0 Å². The first-order valence-electron chi connectivity index (χ1n) is 10.5. The molecular formula is C20H21F2N7O4. The summed E-state index contributed by atoms with van der Waals surface area (Å²) in [7, 11) is 0.